The first kappa shape index (κ1) is 15.7. The molecule has 0 aromatic heterocycles. The second-order valence-corrected chi connectivity index (χ2v) is 1.69. The molecule has 0 saturated heterocycles. The number of hydrogen-bond acceptors (Lipinski definition) is 2. The van der Waals surface area contributed by atoms with Gasteiger partial charge >= 0.3 is 0 Å². The van der Waals surface area contributed by atoms with Crippen LogP contribution in [0.3, 0.4) is 0 Å². The average molecular weight is 122 g/mol. The first-order valence-electron chi connectivity index (χ1n) is 2.03. The topological polar surface area (TPSA) is 29.5 Å². The van der Waals surface area contributed by atoms with Crippen molar-refractivity contribution in [2.45, 2.75) is 28.7 Å². The fourth-order valence-corrected chi connectivity index (χ4v) is 0.149. The average Bonchev–Trinajstić information content (AvgIpc) is 1.35. The Labute approximate surface area is 52.4 Å². The molecule has 0 aliphatic heterocycles. The molecule has 54 valence electrons. The summed E-state index contributed by atoms with van der Waals surface area (Å²) in [5, 5.41) is 7.74. The summed E-state index contributed by atoms with van der Waals surface area (Å²) in [4.78, 5) is 3.80. The van der Waals surface area contributed by atoms with Crippen LogP contribution in [-0.4, -0.2) is 11.9 Å². The molecule has 0 fully saturated rings. The number of hydrogen-bond donors (Lipinski definition) is 1. The van der Waals surface area contributed by atoms with Gasteiger partial charge in [-0.15, -0.1) is 0 Å². The van der Waals surface area contributed by atoms with Gasteiger partial charge in [0.15, 0.2) is 0 Å². The largest absolute Gasteiger partial charge is 0.252 e. The summed E-state index contributed by atoms with van der Waals surface area (Å²) in [6.07, 6.45) is 0. The molecule has 0 aliphatic rings. The summed E-state index contributed by atoms with van der Waals surface area (Å²) in [6.45, 7) is 4.37. The van der Waals surface area contributed by atoms with Crippen LogP contribution in [0.4, 0.5) is 0 Å². The minimum absolute atomic E-state index is 0. The fraction of sp³-hybridized carbons (Fsp3) is 1.00. The van der Waals surface area contributed by atoms with E-state index < -0.39 is 0 Å². The van der Waals surface area contributed by atoms with Crippen molar-refractivity contribution in [2.24, 2.45) is 5.92 Å². The molecule has 0 aromatic carbocycles. The number of rotatable bonds is 2. The Morgan fingerprint density at radius 3 is 1.75 bits per heavy atom. The quantitative estimate of drug-likeness (QED) is 0.450. The Morgan fingerprint density at radius 2 is 1.75 bits per heavy atom. The lowest BCUT2D eigenvalue weighted by Crippen LogP contribution is -1.96. The van der Waals surface area contributed by atoms with Gasteiger partial charge in [-0.2, -0.15) is 0 Å². The van der Waals surface area contributed by atoms with Crippen molar-refractivity contribution in [1.82, 2.24) is 0 Å². The maximum absolute atomic E-state index is 7.74. The highest BCUT2D eigenvalue weighted by Gasteiger charge is 1.87. The Morgan fingerprint density at radius 1 is 1.38 bits per heavy atom. The molecular formula is C6H18O2. The van der Waals surface area contributed by atoms with Crippen LogP contribution in [-0.2, 0) is 4.89 Å². The first-order chi connectivity index (χ1) is 2.77. The molecule has 0 bridgehead atoms. The lowest BCUT2D eigenvalue weighted by Gasteiger charge is -1.95. The van der Waals surface area contributed by atoms with Crippen LogP contribution in [0.5, 0.6) is 0 Å². The lowest BCUT2D eigenvalue weighted by molar-refractivity contribution is -0.248. The third kappa shape index (κ3) is 16.8. The van der Waals surface area contributed by atoms with Crippen LogP contribution in [0.1, 0.15) is 28.7 Å². The molecule has 0 heterocycles. The monoisotopic (exact) mass is 122 g/mol. The van der Waals surface area contributed by atoms with Gasteiger partial charge in [-0.05, 0) is 5.92 Å². The molecule has 0 rings (SSSR count). The van der Waals surface area contributed by atoms with Crippen LogP contribution >= 0.6 is 0 Å². The lowest BCUT2D eigenvalue weighted by atomic mass is 10.2. The minimum atomic E-state index is 0. The molecule has 2 heteroatoms. The van der Waals surface area contributed by atoms with E-state index in [1.165, 1.54) is 0 Å². The van der Waals surface area contributed by atoms with Gasteiger partial charge in [-0.1, -0.05) is 28.7 Å². The van der Waals surface area contributed by atoms with Crippen molar-refractivity contribution in [3.8, 4) is 0 Å². The maximum atomic E-state index is 7.74. The van der Waals surface area contributed by atoms with Gasteiger partial charge in [-0.25, -0.2) is 4.89 Å². The van der Waals surface area contributed by atoms with Crippen LogP contribution in [0.25, 0.3) is 0 Å². The molecule has 0 radical (unpaired) electrons. The van der Waals surface area contributed by atoms with Crippen molar-refractivity contribution < 1.29 is 10.1 Å². The molecule has 0 aromatic rings. The van der Waals surface area contributed by atoms with E-state index in [-0.39, 0.29) is 14.9 Å². The molecule has 0 saturated carbocycles. The van der Waals surface area contributed by atoms with Crippen LogP contribution in [0, 0.1) is 5.92 Å². The van der Waals surface area contributed by atoms with Crippen molar-refractivity contribution in [1.29, 1.82) is 0 Å². The molecule has 0 aliphatic carbocycles. The van der Waals surface area contributed by atoms with E-state index in [2.05, 4.69) is 4.89 Å². The first-order valence-corrected chi connectivity index (χ1v) is 2.03. The highest BCUT2D eigenvalue weighted by Crippen LogP contribution is 1.87. The van der Waals surface area contributed by atoms with Gasteiger partial charge < -0.3 is 0 Å². The predicted octanol–water partition coefficient (Wildman–Crippen LogP) is 2.40. The van der Waals surface area contributed by atoms with Crippen LogP contribution in [0.2, 0.25) is 0 Å². The Hall–Kier alpha value is -0.0800. The summed E-state index contributed by atoms with van der Waals surface area (Å²) in [6, 6.07) is 0. The second kappa shape index (κ2) is 10.0. The predicted molar refractivity (Wildman–Crippen MR) is 36.9 cm³/mol. The normalized spacial score (nSPS) is 7.50. The fourth-order valence-electron chi connectivity index (χ4n) is 0.149. The zero-order chi connectivity index (χ0) is 4.99. The van der Waals surface area contributed by atoms with Gasteiger partial charge in [-0.3, -0.25) is 5.26 Å². The SMILES string of the molecule is C.C.CC(C)COO. The highest BCUT2D eigenvalue weighted by atomic mass is 17.1. The van der Waals surface area contributed by atoms with E-state index >= 15 is 0 Å². The highest BCUT2D eigenvalue weighted by molar-refractivity contribution is 4.33. The van der Waals surface area contributed by atoms with Gasteiger partial charge in [0.05, 0.1) is 6.61 Å². The third-order valence-corrected chi connectivity index (χ3v) is 0.408. The molecule has 0 amide bonds. The smallest absolute Gasteiger partial charge is 0.0842 e. The standard InChI is InChI=1S/C4H10O2.2CH4/c1-4(2)3-6-5;;/h4-5H,3H2,1-2H3;2*1H4. The summed E-state index contributed by atoms with van der Waals surface area (Å²) in [5.74, 6) is 0.426. The van der Waals surface area contributed by atoms with Crippen LogP contribution < -0.4 is 0 Å². The Kier molecular flexibility index (Phi) is 19.6. The van der Waals surface area contributed by atoms with Crippen molar-refractivity contribution in [2.75, 3.05) is 6.61 Å². The van der Waals surface area contributed by atoms with E-state index in [9.17, 15) is 0 Å². The third-order valence-electron chi connectivity index (χ3n) is 0.408. The molecule has 1 N–H and O–H groups in total. The molecule has 8 heavy (non-hydrogen) atoms. The molecular weight excluding hydrogens is 104 g/mol. The summed E-state index contributed by atoms with van der Waals surface area (Å²) in [5.41, 5.74) is 0. The second-order valence-electron chi connectivity index (χ2n) is 1.69. The molecule has 0 spiro atoms. The molecule has 0 unspecified atom stereocenters. The van der Waals surface area contributed by atoms with Gasteiger partial charge in [0, 0.05) is 0 Å². The van der Waals surface area contributed by atoms with Crippen LogP contribution in [0.15, 0.2) is 0 Å². The van der Waals surface area contributed by atoms with Crippen molar-refractivity contribution >= 4 is 0 Å². The van der Waals surface area contributed by atoms with E-state index in [0.29, 0.717) is 12.5 Å². The van der Waals surface area contributed by atoms with Gasteiger partial charge in [0.25, 0.3) is 0 Å². The van der Waals surface area contributed by atoms with Crippen molar-refractivity contribution in [3.05, 3.63) is 0 Å². The zero-order valence-corrected chi connectivity index (χ0v) is 4.14. The van der Waals surface area contributed by atoms with Gasteiger partial charge in [0.1, 0.15) is 0 Å². The van der Waals surface area contributed by atoms with E-state index in [1.807, 2.05) is 13.8 Å². The summed E-state index contributed by atoms with van der Waals surface area (Å²) >= 11 is 0. The minimum Gasteiger partial charge on any atom is -0.252 e. The Balaban J connectivity index is -0.000000125. The van der Waals surface area contributed by atoms with Crippen molar-refractivity contribution in [3.63, 3.8) is 0 Å². The van der Waals surface area contributed by atoms with E-state index in [1.54, 1.807) is 0 Å². The molecule has 2 nitrogen and oxygen atoms in total. The van der Waals surface area contributed by atoms with E-state index in [0.717, 1.165) is 0 Å². The zero-order valence-electron chi connectivity index (χ0n) is 4.14. The summed E-state index contributed by atoms with van der Waals surface area (Å²) < 4.78 is 0. The maximum Gasteiger partial charge on any atom is 0.0842 e. The van der Waals surface area contributed by atoms with Gasteiger partial charge in [0.2, 0.25) is 0 Å². The molecule has 0 atom stereocenters. The van der Waals surface area contributed by atoms with E-state index in [4.69, 9.17) is 5.26 Å². The summed E-state index contributed by atoms with van der Waals surface area (Å²) in [7, 11) is 0. The Bertz CT molecular complexity index is 27.7.